The van der Waals surface area contributed by atoms with Crippen molar-refractivity contribution in [3.63, 3.8) is 0 Å². The zero-order valence-electron chi connectivity index (χ0n) is 9.29. The molecule has 4 nitrogen and oxygen atoms in total. The number of fused-ring (bicyclic) bond motifs is 5. The summed E-state index contributed by atoms with van der Waals surface area (Å²) in [5.74, 6) is 0. The number of rotatable bonds is 0. The Balaban J connectivity index is 2.39. The molecule has 0 atom stereocenters. The van der Waals surface area contributed by atoms with Crippen LogP contribution in [0, 0.1) is 0 Å². The summed E-state index contributed by atoms with van der Waals surface area (Å²) >= 11 is 6.07. The van der Waals surface area contributed by atoms with Crippen LogP contribution in [0.25, 0.3) is 32.7 Å². The third-order valence-corrected chi connectivity index (χ3v) is 3.49. The molecule has 0 saturated carbocycles. The molecule has 4 aromatic rings. The number of hydrogen-bond acceptors (Lipinski definition) is 2. The predicted octanol–water partition coefficient (Wildman–Crippen LogP) is 3.43. The van der Waals surface area contributed by atoms with Crippen molar-refractivity contribution < 1.29 is 0 Å². The number of aromatic amines is 2. The van der Waals surface area contributed by atoms with E-state index >= 15 is 0 Å². The highest BCUT2D eigenvalue weighted by Crippen LogP contribution is 2.35. The molecule has 4 rings (SSSR count). The lowest BCUT2D eigenvalue weighted by molar-refractivity contribution is 1.12. The molecule has 0 amide bonds. The summed E-state index contributed by atoms with van der Waals surface area (Å²) in [6.45, 7) is 0. The monoisotopic (exact) mass is 256 g/mol. The van der Waals surface area contributed by atoms with Crippen molar-refractivity contribution in [3.8, 4) is 0 Å². The topological polar surface area (TPSA) is 70.5 Å². The highest BCUT2D eigenvalue weighted by molar-refractivity contribution is 6.32. The van der Waals surface area contributed by atoms with Gasteiger partial charge >= 0.3 is 0 Å². The van der Waals surface area contributed by atoms with Gasteiger partial charge in [0.1, 0.15) is 0 Å². The number of nitrogens with two attached hydrogens (primary N) is 1. The molecule has 88 valence electrons. The summed E-state index contributed by atoms with van der Waals surface area (Å²) < 4.78 is 0. The second kappa shape index (κ2) is 3.17. The standard InChI is InChI=1S/C13H9ClN4/c14-6-1-2-10-7(3-6)12-8-5-16-18-11(8)4-9(15)13(12)17-10/h1-5,16,18H,15H2. The van der Waals surface area contributed by atoms with Crippen molar-refractivity contribution in [2.75, 3.05) is 5.73 Å². The van der Waals surface area contributed by atoms with Crippen molar-refractivity contribution in [1.29, 1.82) is 0 Å². The normalized spacial score (nSPS) is 11.8. The average Bonchev–Trinajstić information content (AvgIpc) is 2.92. The van der Waals surface area contributed by atoms with E-state index in [0.717, 1.165) is 32.7 Å². The molecular formula is C13H9ClN4. The molecule has 0 bridgehead atoms. The number of benzene rings is 2. The van der Waals surface area contributed by atoms with Gasteiger partial charge < -0.3 is 15.9 Å². The summed E-state index contributed by atoms with van der Waals surface area (Å²) in [5.41, 5.74) is 9.43. The van der Waals surface area contributed by atoms with Gasteiger partial charge in [-0.25, -0.2) is 4.98 Å². The van der Waals surface area contributed by atoms with E-state index in [2.05, 4.69) is 15.2 Å². The van der Waals surface area contributed by atoms with E-state index in [9.17, 15) is 0 Å². The van der Waals surface area contributed by atoms with Crippen LogP contribution in [0.1, 0.15) is 0 Å². The van der Waals surface area contributed by atoms with Crippen LogP contribution in [0.2, 0.25) is 5.02 Å². The Bertz CT molecular complexity index is 903. The second-order valence-electron chi connectivity index (χ2n) is 4.34. The Hall–Kier alpha value is -2.20. The maximum absolute atomic E-state index is 6.07. The largest absolute Gasteiger partial charge is 0.397 e. The quantitative estimate of drug-likeness (QED) is 0.422. The fraction of sp³-hybridized carbons (Fsp3) is 0. The van der Waals surface area contributed by atoms with Crippen molar-refractivity contribution in [2.45, 2.75) is 0 Å². The van der Waals surface area contributed by atoms with Gasteiger partial charge in [0.2, 0.25) is 0 Å². The molecule has 0 radical (unpaired) electrons. The van der Waals surface area contributed by atoms with Gasteiger partial charge in [0.05, 0.1) is 22.2 Å². The highest BCUT2D eigenvalue weighted by Gasteiger charge is 2.13. The number of aromatic nitrogens is 3. The Kier molecular flexibility index (Phi) is 1.73. The molecule has 2 aromatic carbocycles. The Morgan fingerprint density at radius 1 is 1.17 bits per heavy atom. The molecular weight excluding hydrogens is 248 g/mol. The molecule has 0 aliphatic rings. The van der Waals surface area contributed by atoms with E-state index < -0.39 is 0 Å². The van der Waals surface area contributed by atoms with E-state index in [-0.39, 0.29) is 0 Å². The summed E-state index contributed by atoms with van der Waals surface area (Å²) in [6, 6.07) is 7.57. The molecule has 18 heavy (non-hydrogen) atoms. The lowest BCUT2D eigenvalue weighted by Crippen LogP contribution is -1.86. The first-order chi connectivity index (χ1) is 8.74. The first-order valence-electron chi connectivity index (χ1n) is 5.57. The fourth-order valence-corrected chi connectivity index (χ4v) is 2.64. The Labute approximate surface area is 107 Å². The fourth-order valence-electron chi connectivity index (χ4n) is 2.47. The third-order valence-electron chi connectivity index (χ3n) is 3.25. The number of nitrogens with zero attached hydrogens (tertiary/aromatic N) is 1. The molecule has 0 saturated heterocycles. The van der Waals surface area contributed by atoms with Gasteiger partial charge in [0.15, 0.2) is 0 Å². The van der Waals surface area contributed by atoms with Crippen molar-refractivity contribution in [2.24, 2.45) is 0 Å². The first kappa shape index (κ1) is 9.79. The molecule has 0 fully saturated rings. The van der Waals surface area contributed by atoms with Gasteiger partial charge in [-0.15, -0.1) is 0 Å². The number of H-pyrrole nitrogens is 2. The smallest absolute Gasteiger partial charge is 0.0953 e. The summed E-state index contributed by atoms with van der Waals surface area (Å²) in [4.78, 5) is 4.57. The molecule has 0 aliphatic carbocycles. The Morgan fingerprint density at radius 2 is 2.06 bits per heavy atom. The van der Waals surface area contributed by atoms with Crippen LogP contribution < -0.4 is 5.73 Å². The minimum absolute atomic E-state index is 0.667. The maximum Gasteiger partial charge on any atom is 0.0953 e. The van der Waals surface area contributed by atoms with E-state index in [1.54, 1.807) is 0 Å². The maximum atomic E-state index is 6.07. The van der Waals surface area contributed by atoms with Gasteiger partial charge in [-0.1, -0.05) is 11.6 Å². The van der Waals surface area contributed by atoms with Crippen LogP contribution in [-0.4, -0.2) is 15.2 Å². The molecule has 2 aromatic heterocycles. The molecule has 2 heterocycles. The summed E-state index contributed by atoms with van der Waals surface area (Å²) in [5, 5.41) is 9.89. The van der Waals surface area contributed by atoms with Crippen molar-refractivity contribution in [3.05, 3.63) is 35.5 Å². The number of halogens is 1. The Morgan fingerprint density at radius 3 is 2.94 bits per heavy atom. The average molecular weight is 257 g/mol. The zero-order chi connectivity index (χ0) is 12.3. The molecule has 0 aliphatic heterocycles. The number of anilines is 1. The van der Waals surface area contributed by atoms with Crippen LogP contribution in [-0.2, 0) is 0 Å². The van der Waals surface area contributed by atoms with Crippen molar-refractivity contribution >= 4 is 50.0 Å². The van der Waals surface area contributed by atoms with Crippen LogP contribution >= 0.6 is 11.6 Å². The first-order valence-corrected chi connectivity index (χ1v) is 5.95. The minimum atomic E-state index is 0.667. The second-order valence-corrected chi connectivity index (χ2v) is 4.77. The van der Waals surface area contributed by atoms with E-state index in [1.165, 1.54) is 0 Å². The molecule has 0 spiro atoms. The van der Waals surface area contributed by atoms with Gasteiger partial charge in [-0.3, -0.25) is 0 Å². The van der Waals surface area contributed by atoms with Gasteiger partial charge in [0, 0.05) is 27.4 Å². The van der Waals surface area contributed by atoms with Crippen LogP contribution in [0.3, 0.4) is 0 Å². The SMILES string of the molecule is Nc1cc2[nH][nH]cc2c2c1nc1ccc(Cl)cc12. The minimum Gasteiger partial charge on any atom is -0.397 e. The van der Waals surface area contributed by atoms with E-state index in [0.29, 0.717) is 10.7 Å². The zero-order valence-corrected chi connectivity index (χ0v) is 10.0. The number of hydrogen-bond donors (Lipinski definition) is 3. The van der Waals surface area contributed by atoms with Crippen LogP contribution in [0.4, 0.5) is 5.69 Å². The van der Waals surface area contributed by atoms with E-state index in [1.807, 2.05) is 30.5 Å². The highest BCUT2D eigenvalue weighted by atomic mass is 35.5. The van der Waals surface area contributed by atoms with Crippen LogP contribution in [0.5, 0.6) is 0 Å². The molecule has 4 N–H and O–H groups in total. The predicted molar refractivity (Wildman–Crippen MR) is 74.9 cm³/mol. The molecule has 0 unspecified atom stereocenters. The lowest BCUT2D eigenvalue weighted by atomic mass is 10.1. The lowest BCUT2D eigenvalue weighted by Gasteiger charge is -1.97. The third kappa shape index (κ3) is 1.13. The van der Waals surface area contributed by atoms with Gasteiger partial charge in [0.25, 0.3) is 0 Å². The van der Waals surface area contributed by atoms with Crippen molar-refractivity contribution in [1.82, 2.24) is 15.2 Å². The van der Waals surface area contributed by atoms with E-state index in [4.69, 9.17) is 17.3 Å². The van der Waals surface area contributed by atoms with Gasteiger partial charge in [-0.05, 0) is 24.3 Å². The van der Waals surface area contributed by atoms with Crippen LogP contribution in [0.15, 0.2) is 30.5 Å². The summed E-state index contributed by atoms with van der Waals surface area (Å²) in [6.07, 6.45) is 1.92. The number of nitrogen functional groups attached to an aromatic ring is 1. The van der Waals surface area contributed by atoms with Gasteiger partial charge in [-0.2, -0.15) is 0 Å². The summed E-state index contributed by atoms with van der Waals surface area (Å²) in [7, 11) is 0. The number of nitrogens with one attached hydrogen (secondary N) is 2. The molecule has 5 heteroatoms.